The SMILES string of the molecule is COc1cc2c(cc1OC)CN(C(=O)c1cncc(C(=O)N3CCCC3)c1)CC2. The molecule has 29 heavy (non-hydrogen) atoms. The zero-order chi connectivity index (χ0) is 20.4. The largest absolute Gasteiger partial charge is 0.493 e. The van der Waals surface area contributed by atoms with E-state index in [1.54, 1.807) is 31.4 Å². The number of carbonyl (C=O) groups excluding carboxylic acids is 2. The minimum absolute atomic E-state index is 0.0505. The van der Waals surface area contributed by atoms with E-state index in [2.05, 4.69) is 4.98 Å². The fraction of sp³-hybridized carbons (Fsp3) is 0.409. The highest BCUT2D eigenvalue weighted by molar-refractivity contribution is 5.99. The highest BCUT2D eigenvalue weighted by atomic mass is 16.5. The van der Waals surface area contributed by atoms with E-state index in [4.69, 9.17) is 9.47 Å². The zero-order valence-electron chi connectivity index (χ0n) is 16.8. The number of methoxy groups -OCH3 is 2. The Kier molecular flexibility index (Phi) is 5.38. The molecule has 1 aromatic carbocycles. The van der Waals surface area contributed by atoms with Crippen LogP contribution in [0.5, 0.6) is 11.5 Å². The Labute approximate surface area is 170 Å². The minimum Gasteiger partial charge on any atom is -0.493 e. The molecule has 0 radical (unpaired) electrons. The lowest BCUT2D eigenvalue weighted by Crippen LogP contribution is -2.36. The van der Waals surface area contributed by atoms with Gasteiger partial charge in [0.25, 0.3) is 11.8 Å². The van der Waals surface area contributed by atoms with Gasteiger partial charge in [0, 0.05) is 38.6 Å². The van der Waals surface area contributed by atoms with Crippen LogP contribution in [-0.4, -0.2) is 60.5 Å². The van der Waals surface area contributed by atoms with Crippen molar-refractivity contribution in [2.75, 3.05) is 33.9 Å². The first kappa shape index (κ1) is 19.2. The molecule has 0 atom stereocenters. The Morgan fingerprint density at radius 2 is 1.41 bits per heavy atom. The van der Waals surface area contributed by atoms with E-state index in [1.165, 1.54) is 6.20 Å². The molecule has 0 unspecified atom stereocenters. The molecule has 7 nitrogen and oxygen atoms in total. The van der Waals surface area contributed by atoms with Crippen LogP contribution in [0.2, 0.25) is 0 Å². The summed E-state index contributed by atoms with van der Waals surface area (Å²) in [4.78, 5) is 33.5. The number of benzene rings is 1. The second kappa shape index (κ2) is 8.11. The topological polar surface area (TPSA) is 72.0 Å². The number of likely N-dealkylation sites (tertiary alicyclic amines) is 1. The molecule has 0 aliphatic carbocycles. The van der Waals surface area contributed by atoms with E-state index >= 15 is 0 Å². The Morgan fingerprint density at radius 1 is 0.828 bits per heavy atom. The van der Waals surface area contributed by atoms with Crippen LogP contribution in [0.15, 0.2) is 30.6 Å². The summed E-state index contributed by atoms with van der Waals surface area (Å²) in [6.07, 6.45) is 5.87. The summed E-state index contributed by atoms with van der Waals surface area (Å²) in [5.74, 6) is 1.18. The average molecular weight is 395 g/mol. The second-order valence-corrected chi connectivity index (χ2v) is 7.41. The van der Waals surface area contributed by atoms with Gasteiger partial charge >= 0.3 is 0 Å². The highest BCUT2D eigenvalue weighted by Crippen LogP contribution is 2.33. The van der Waals surface area contributed by atoms with Crippen LogP contribution in [0.25, 0.3) is 0 Å². The van der Waals surface area contributed by atoms with Gasteiger partial charge in [-0.15, -0.1) is 0 Å². The Bertz CT molecular complexity index is 938. The number of aromatic nitrogens is 1. The van der Waals surface area contributed by atoms with Gasteiger partial charge in [0.1, 0.15) is 0 Å². The predicted octanol–water partition coefficient (Wildman–Crippen LogP) is 2.53. The monoisotopic (exact) mass is 395 g/mol. The first-order valence-corrected chi connectivity index (χ1v) is 9.88. The van der Waals surface area contributed by atoms with Crippen molar-refractivity contribution in [1.29, 1.82) is 0 Å². The normalized spacial score (nSPS) is 15.8. The van der Waals surface area contributed by atoms with Crippen molar-refractivity contribution in [3.63, 3.8) is 0 Å². The molecular weight excluding hydrogens is 370 g/mol. The lowest BCUT2D eigenvalue weighted by molar-refractivity contribution is 0.0734. The van der Waals surface area contributed by atoms with E-state index in [0.29, 0.717) is 35.7 Å². The highest BCUT2D eigenvalue weighted by Gasteiger charge is 2.25. The van der Waals surface area contributed by atoms with Crippen LogP contribution in [0.3, 0.4) is 0 Å². The summed E-state index contributed by atoms with van der Waals surface area (Å²) < 4.78 is 10.8. The minimum atomic E-state index is -0.117. The van der Waals surface area contributed by atoms with Gasteiger partial charge in [-0.25, -0.2) is 0 Å². The third-order valence-electron chi connectivity index (χ3n) is 5.63. The summed E-state index contributed by atoms with van der Waals surface area (Å²) in [6.45, 7) is 2.63. The maximum absolute atomic E-state index is 13.1. The number of amides is 2. The van der Waals surface area contributed by atoms with Crippen molar-refractivity contribution in [2.24, 2.45) is 0 Å². The fourth-order valence-corrected chi connectivity index (χ4v) is 4.02. The number of hydrogen-bond acceptors (Lipinski definition) is 5. The number of nitrogens with zero attached hydrogens (tertiary/aromatic N) is 3. The van der Waals surface area contributed by atoms with Gasteiger partial charge in [0.05, 0.1) is 25.3 Å². The van der Waals surface area contributed by atoms with Crippen molar-refractivity contribution < 1.29 is 19.1 Å². The van der Waals surface area contributed by atoms with Crippen LogP contribution < -0.4 is 9.47 Å². The maximum atomic E-state index is 13.1. The summed E-state index contributed by atoms with van der Waals surface area (Å²) in [5.41, 5.74) is 3.11. The van der Waals surface area contributed by atoms with E-state index < -0.39 is 0 Å². The van der Waals surface area contributed by atoms with Crippen LogP contribution >= 0.6 is 0 Å². The Morgan fingerprint density at radius 3 is 2.03 bits per heavy atom. The maximum Gasteiger partial charge on any atom is 0.255 e. The second-order valence-electron chi connectivity index (χ2n) is 7.41. The number of hydrogen-bond donors (Lipinski definition) is 0. The number of fused-ring (bicyclic) bond motifs is 1. The molecule has 3 heterocycles. The third kappa shape index (κ3) is 3.77. The smallest absolute Gasteiger partial charge is 0.255 e. The molecule has 2 aliphatic heterocycles. The molecular formula is C22H25N3O4. The first-order chi connectivity index (χ1) is 14.1. The van der Waals surface area contributed by atoms with Crippen LogP contribution in [0.1, 0.15) is 44.7 Å². The molecule has 1 fully saturated rings. The summed E-state index contributed by atoms with van der Waals surface area (Å²) in [7, 11) is 3.22. The Hall–Kier alpha value is -3.09. The van der Waals surface area contributed by atoms with Crippen LogP contribution in [0, 0.1) is 0 Å². The first-order valence-electron chi connectivity index (χ1n) is 9.88. The fourth-order valence-electron chi connectivity index (χ4n) is 4.02. The number of rotatable bonds is 4. The van der Waals surface area contributed by atoms with E-state index in [9.17, 15) is 9.59 Å². The number of pyridine rings is 1. The van der Waals surface area contributed by atoms with Gasteiger partial charge in [-0.3, -0.25) is 14.6 Å². The molecule has 0 spiro atoms. The standard InChI is InChI=1S/C22H25N3O4/c1-28-19-10-15-5-8-25(14-18(15)11-20(19)29-2)22(27)17-9-16(12-23-13-17)21(26)24-6-3-4-7-24/h9-13H,3-8,14H2,1-2H3. The zero-order valence-corrected chi connectivity index (χ0v) is 16.8. The van der Waals surface area contributed by atoms with Crippen molar-refractivity contribution in [3.8, 4) is 11.5 Å². The Balaban J connectivity index is 1.53. The lowest BCUT2D eigenvalue weighted by atomic mass is 9.98. The molecule has 0 bridgehead atoms. The third-order valence-corrected chi connectivity index (χ3v) is 5.63. The van der Waals surface area contributed by atoms with E-state index in [-0.39, 0.29) is 11.8 Å². The molecule has 4 rings (SSSR count). The number of carbonyl (C=O) groups is 2. The van der Waals surface area contributed by atoms with Crippen molar-refractivity contribution >= 4 is 11.8 Å². The van der Waals surface area contributed by atoms with Gasteiger partial charge in [-0.05, 0) is 48.6 Å². The van der Waals surface area contributed by atoms with Crippen LogP contribution in [-0.2, 0) is 13.0 Å². The van der Waals surface area contributed by atoms with Gasteiger partial charge < -0.3 is 19.3 Å². The molecule has 1 aromatic heterocycles. The predicted molar refractivity (Wildman–Crippen MR) is 107 cm³/mol. The van der Waals surface area contributed by atoms with Gasteiger partial charge in [0.15, 0.2) is 11.5 Å². The van der Waals surface area contributed by atoms with E-state index in [0.717, 1.165) is 43.5 Å². The molecule has 2 aromatic rings. The molecule has 2 amide bonds. The molecule has 0 saturated carbocycles. The van der Waals surface area contributed by atoms with Crippen molar-refractivity contribution in [2.45, 2.75) is 25.8 Å². The van der Waals surface area contributed by atoms with Crippen molar-refractivity contribution in [1.82, 2.24) is 14.8 Å². The van der Waals surface area contributed by atoms with E-state index in [1.807, 2.05) is 17.0 Å². The van der Waals surface area contributed by atoms with Crippen LogP contribution in [0.4, 0.5) is 0 Å². The molecule has 152 valence electrons. The average Bonchev–Trinajstić information content (AvgIpc) is 3.31. The summed E-state index contributed by atoms with van der Waals surface area (Å²) >= 11 is 0. The molecule has 0 N–H and O–H groups in total. The summed E-state index contributed by atoms with van der Waals surface area (Å²) in [6, 6.07) is 5.58. The van der Waals surface area contributed by atoms with Gasteiger partial charge in [-0.1, -0.05) is 0 Å². The van der Waals surface area contributed by atoms with Gasteiger partial charge in [-0.2, -0.15) is 0 Å². The summed E-state index contributed by atoms with van der Waals surface area (Å²) in [5, 5.41) is 0. The lowest BCUT2D eigenvalue weighted by Gasteiger charge is -2.29. The molecule has 2 aliphatic rings. The molecule has 1 saturated heterocycles. The number of ether oxygens (including phenoxy) is 2. The molecule has 7 heteroatoms. The van der Waals surface area contributed by atoms with Crippen molar-refractivity contribution in [3.05, 3.63) is 52.8 Å². The van der Waals surface area contributed by atoms with Gasteiger partial charge in [0.2, 0.25) is 0 Å². The quantitative estimate of drug-likeness (QED) is 0.796.